The van der Waals surface area contributed by atoms with Crippen LogP contribution in [0, 0.1) is 0 Å². The molecule has 1 aliphatic rings. The van der Waals surface area contributed by atoms with Crippen molar-refractivity contribution in [2.24, 2.45) is 9.98 Å². The molecule has 0 radical (unpaired) electrons. The quantitative estimate of drug-likeness (QED) is 0.423. The highest BCUT2D eigenvalue weighted by molar-refractivity contribution is 8.27. The van der Waals surface area contributed by atoms with Gasteiger partial charge in [0.15, 0.2) is 0 Å². The Labute approximate surface area is 203 Å². The van der Waals surface area contributed by atoms with Crippen LogP contribution in [0.15, 0.2) is 46.4 Å². The van der Waals surface area contributed by atoms with E-state index in [4.69, 9.17) is 9.98 Å². The van der Waals surface area contributed by atoms with Gasteiger partial charge in [-0.1, -0.05) is 91.8 Å². The molecule has 0 unspecified atom stereocenters. The molecule has 1 heterocycles. The molecular formula is C28H38N2S2. The van der Waals surface area contributed by atoms with Crippen LogP contribution in [0.3, 0.4) is 0 Å². The van der Waals surface area contributed by atoms with E-state index in [1.54, 1.807) is 0 Å². The third kappa shape index (κ3) is 5.69. The van der Waals surface area contributed by atoms with Crippen molar-refractivity contribution in [3.8, 4) is 0 Å². The number of rotatable bonds is 6. The minimum absolute atomic E-state index is 0.434. The zero-order valence-electron chi connectivity index (χ0n) is 20.9. The Balaban J connectivity index is 2.20. The molecule has 2 nitrogen and oxygen atoms in total. The summed E-state index contributed by atoms with van der Waals surface area (Å²) < 4.78 is 0. The summed E-state index contributed by atoms with van der Waals surface area (Å²) in [5.41, 5.74) is 7.59. The number of nitrogens with zero attached hydrogens (tertiary/aromatic N) is 2. The number of hydrogen-bond donors (Lipinski definition) is 0. The minimum Gasteiger partial charge on any atom is -0.239 e. The van der Waals surface area contributed by atoms with E-state index in [0.29, 0.717) is 23.7 Å². The number of hydrogen-bond acceptors (Lipinski definition) is 4. The van der Waals surface area contributed by atoms with E-state index in [1.165, 1.54) is 22.3 Å². The van der Waals surface area contributed by atoms with Gasteiger partial charge < -0.3 is 0 Å². The largest absolute Gasteiger partial charge is 0.239 e. The second-order valence-corrected chi connectivity index (χ2v) is 11.9. The standard InChI is InChI=1S/C28H38N2S2/c1-17(2)21-11-9-12-22(18(3)4)25(21)29-27-28(32-16-15-31-27)30-26-23(19(5)6)13-10-14-24(26)20(7)8/h9-14,17-20H,15-16H2,1-8H3/b29-27-,30-28+. The van der Waals surface area contributed by atoms with Gasteiger partial charge in [0.2, 0.25) is 0 Å². The molecule has 1 fully saturated rings. The smallest absolute Gasteiger partial charge is 0.129 e. The Kier molecular flexibility index (Phi) is 8.68. The van der Waals surface area contributed by atoms with Crippen LogP contribution >= 0.6 is 23.5 Å². The van der Waals surface area contributed by atoms with Crippen LogP contribution in [-0.2, 0) is 0 Å². The minimum atomic E-state index is 0.434. The molecule has 1 aliphatic heterocycles. The maximum absolute atomic E-state index is 5.32. The van der Waals surface area contributed by atoms with E-state index in [0.717, 1.165) is 33.0 Å². The van der Waals surface area contributed by atoms with Crippen molar-refractivity contribution >= 4 is 45.0 Å². The number of thioether (sulfide) groups is 2. The van der Waals surface area contributed by atoms with Crippen LogP contribution in [0.4, 0.5) is 11.4 Å². The molecule has 3 rings (SSSR count). The third-order valence-electron chi connectivity index (χ3n) is 5.86. The Morgan fingerprint density at radius 3 is 1.06 bits per heavy atom. The number of para-hydroxylation sites is 2. The van der Waals surface area contributed by atoms with Gasteiger partial charge in [0.1, 0.15) is 10.1 Å². The first-order chi connectivity index (χ1) is 15.2. The SMILES string of the molecule is CC(C)c1cccc(C(C)C)c1/N=C1\SCCS\C1=N\c1c(C(C)C)cccc1C(C)C. The average molecular weight is 467 g/mol. The van der Waals surface area contributed by atoms with Crippen molar-refractivity contribution in [1.29, 1.82) is 0 Å². The molecule has 1 saturated heterocycles. The molecule has 2 aromatic rings. The number of benzene rings is 2. The van der Waals surface area contributed by atoms with Gasteiger partial charge in [0.05, 0.1) is 11.4 Å². The molecule has 4 heteroatoms. The lowest BCUT2D eigenvalue weighted by molar-refractivity contribution is 0.834. The van der Waals surface area contributed by atoms with Gasteiger partial charge in [-0.15, -0.1) is 23.5 Å². The lowest BCUT2D eigenvalue weighted by atomic mass is 9.93. The van der Waals surface area contributed by atoms with Gasteiger partial charge in [-0.05, 0) is 45.9 Å². The average Bonchev–Trinajstić information content (AvgIpc) is 2.74. The first-order valence-corrected chi connectivity index (χ1v) is 13.9. The van der Waals surface area contributed by atoms with Crippen LogP contribution in [0.25, 0.3) is 0 Å². The fraction of sp³-hybridized carbons (Fsp3) is 0.500. The van der Waals surface area contributed by atoms with Gasteiger partial charge in [0, 0.05) is 11.5 Å². The summed E-state index contributed by atoms with van der Waals surface area (Å²) in [6.07, 6.45) is 0. The summed E-state index contributed by atoms with van der Waals surface area (Å²) >= 11 is 3.71. The van der Waals surface area contributed by atoms with Crippen molar-refractivity contribution in [2.45, 2.75) is 79.1 Å². The molecule has 0 aromatic heterocycles. The van der Waals surface area contributed by atoms with Gasteiger partial charge in [0.25, 0.3) is 0 Å². The lowest BCUT2D eigenvalue weighted by Gasteiger charge is -2.21. The van der Waals surface area contributed by atoms with Crippen molar-refractivity contribution in [2.75, 3.05) is 11.5 Å². The Hall–Kier alpha value is -1.52. The van der Waals surface area contributed by atoms with Crippen LogP contribution in [0.1, 0.15) is 101 Å². The van der Waals surface area contributed by atoms with Crippen LogP contribution in [-0.4, -0.2) is 21.6 Å². The van der Waals surface area contributed by atoms with E-state index < -0.39 is 0 Å². The van der Waals surface area contributed by atoms with Gasteiger partial charge in [-0.3, -0.25) is 0 Å². The molecule has 2 aromatic carbocycles. The van der Waals surface area contributed by atoms with Crippen molar-refractivity contribution in [3.63, 3.8) is 0 Å². The van der Waals surface area contributed by atoms with E-state index in [9.17, 15) is 0 Å². The molecule has 172 valence electrons. The first-order valence-electron chi connectivity index (χ1n) is 11.9. The Morgan fingerprint density at radius 1 is 0.531 bits per heavy atom. The molecule has 0 aliphatic carbocycles. The highest BCUT2D eigenvalue weighted by Crippen LogP contribution is 2.39. The summed E-state index contributed by atoms with van der Waals surface area (Å²) in [6, 6.07) is 13.3. The molecule has 0 atom stereocenters. The fourth-order valence-corrected chi connectivity index (χ4v) is 6.10. The van der Waals surface area contributed by atoms with E-state index in [2.05, 4.69) is 91.8 Å². The van der Waals surface area contributed by atoms with Crippen LogP contribution < -0.4 is 0 Å². The summed E-state index contributed by atoms with van der Waals surface area (Å²) in [6.45, 7) is 18.1. The molecule has 0 N–H and O–H groups in total. The monoisotopic (exact) mass is 466 g/mol. The number of aliphatic imine (C=N–C) groups is 2. The van der Waals surface area contributed by atoms with E-state index in [-0.39, 0.29) is 0 Å². The lowest BCUT2D eigenvalue weighted by Crippen LogP contribution is -2.15. The summed E-state index contributed by atoms with van der Waals surface area (Å²) in [5.74, 6) is 3.89. The van der Waals surface area contributed by atoms with Crippen molar-refractivity contribution < 1.29 is 0 Å². The topological polar surface area (TPSA) is 24.7 Å². The van der Waals surface area contributed by atoms with Gasteiger partial charge >= 0.3 is 0 Å². The van der Waals surface area contributed by atoms with Crippen molar-refractivity contribution in [1.82, 2.24) is 0 Å². The van der Waals surface area contributed by atoms with Crippen LogP contribution in [0.5, 0.6) is 0 Å². The van der Waals surface area contributed by atoms with Gasteiger partial charge in [-0.25, -0.2) is 9.98 Å². The molecule has 0 spiro atoms. The molecular weight excluding hydrogens is 428 g/mol. The fourth-order valence-electron chi connectivity index (χ4n) is 4.05. The van der Waals surface area contributed by atoms with Gasteiger partial charge in [-0.2, -0.15) is 0 Å². The zero-order chi connectivity index (χ0) is 23.4. The Bertz CT molecular complexity index is 866. The zero-order valence-corrected chi connectivity index (χ0v) is 22.5. The Morgan fingerprint density at radius 2 is 0.812 bits per heavy atom. The highest BCUT2D eigenvalue weighted by atomic mass is 32.2. The summed E-state index contributed by atoms with van der Waals surface area (Å²) in [4.78, 5) is 10.6. The third-order valence-corrected chi connectivity index (χ3v) is 8.18. The molecule has 0 bridgehead atoms. The van der Waals surface area contributed by atoms with Crippen molar-refractivity contribution in [3.05, 3.63) is 58.7 Å². The second-order valence-electron chi connectivity index (χ2n) is 9.72. The first kappa shape index (κ1) is 25.1. The van der Waals surface area contributed by atoms with E-state index in [1.807, 2.05) is 23.5 Å². The van der Waals surface area contributed by atoms with E-state index >= 15 is 0 Å². The predicted molar refractivity (Wildman–Crippen MR) is 148 cm³/mol. The highest BCUT2D eigenvalue weighted by Gasteiger charge is 2.22. The second kappa shape index (κ2) is 11.1. The summed E-state index contributed by atoms with van der Waals surface area (Å²) in [5, 5.41) is 2.15. The maximum Gasteiger partial charge on any atom is 0.129 e. The summed E-state index contributed by atoms with van der Waals surface area (Å²) in [7, 11) is 0. The maximum atomic E-state index is 5.32. The molecule has 0 saturated carbocycles. The predicted octanol–water partition coefficient (Wildman–Crippen LogP) is 9.42. The molecule has 32 heavy (non-hydrogen) atoms. The van der Waals surface area contributed by atoms with Crippen LogP contribution in [0.2, 0.25) is 0 Å². The molecule has 0 amide bonds. The normalized spacial score (nSPS) is 17.5.